The summed E-state index contributed by atoms with van der Waals surface area (Å²) in [7, 11) is 0. The SMILES string of the molecule is CC1(C)CCSCC1=O. The van der Waals surface area contributed by atoms with E-state index < -0.39 is 0 Å². The van der Waals surface area contributed by atoms with Gasteiger partial charge in [-0.05, 0) is 12.2 Å². The van der Waals surface area contributed by atoms with Crippen molar-refractivity contribution in [3.05, 3.63) is 0 Å². The van der Waals surface area contributed by atoms with E-state index >= 15 is 0 Å². The van der Waals surface area contributed by atoms with E-state index in [0.29, 0.717) is 5.78 Å². The van der Waals surface area contributed by atoms with Crippen LogP contribution in [0.2, 0.25) is 0 Å². The molecule has 0 N–H and O–H groups in total. The first-order valence-electron chi connectivity index (χ1n) is 3.24. The summed E-state index contributed by atoms with van der Waals surface area (Å²) in [5.74, 6) is 2.30. The third-order valence-corrected chi connectivity index (χ3v) is 2.82. The zero-order chi connectivity index (χ0) is 6.91. The molecule has 1 aliphatic rings. The topological polar surface area (TPSA) is 17.1 Å². The van der Waals surface area contributed by atoms with Gasteiger partial charge in [-0.15, -0.1) is 0 Å². The molecule has 1 aliphatic heterocycles. The van der Waals surface area contributed by atoms with Gasteiger partial charge in [0.1, 0.15) is 5.78 Å². The van der Waals surface area contributed by atoms with Crippen LogP contribution >= 0.6 is 11.8 Å². The summed E-state index contributed by atoms with van der Waals surface area (Å²) in [6.07, 6.45) is 1.05. The highest BCUT2D eigenvalue weighted by molar-refractivity contribution is 8.00. The standard InChI is InChI=1S/C7H12OS/c1-7(2)3-4-9-5-6(7)8/h3-5H2,1-2H3. The number of carbonyl (C=O) groups excluding carboxylic acids is 1. The van der Waals surface area contributed by atoms with Crippen molar-refractivity contribution < 1.29 is 4.79 Å². The Morgan fingerprint density at radius 1 is 1.56 bits per heavy atom. The molecule has 52 valence electrons. The smallest absolute Gasteiger partial charge is 0.148 e. The third kappa shape index (κ3) is 1.48. The molecule has 0 radical (unpaired) electrons. The lowest BCUT2D eigenvalue weighted by atomic mass is 9.86. The first-order valence-corrected chi connectivity index (χ1v) is 4.39. The monoisotopic (exact) mass is 144 g/mol. The minimum absolute atomic E-state index is 0.0226. The van der Waals surface area contributed by atoms with E-state index in [1.807, 2.05) is 13.8 Å². The Morgan fingerprint density at radius 2 is 2.22 bits per heavy atom. The van der Waals surface area contributed by atoms with Gasteiger partial charge in [0, 0.05) is 5.41 Å². The molecule has 9 heavy (non-hydrogen) atoms. The van der Waals surface area contributed by atoms with Crippen molar-refractivity contribution >= 4 is 17.5 Å². The van der Waals surface area contributed by atoms with E-state index in [-0.39, 0.29) is 5.41 Å². The molecule has 0 atom stereocenters. The fourth-order valence-corrected chi connectivity index (χ4v) is 2.20. The normalized spacial score (nSPS) is 26.2. The Balaban J connectivity index is 2.60. The maximum Gasteiger partial charge on any atom is 0.148 e. The molecule has 0 aliphatic carbocycles. The molecule has 0 aromatic rings. The second-order valence-corrected chi connectivity index (χ2v) is 4.21. The maximum atomic E-state index is 11.1. The van der Waals surface area contributed by atoms with Crippen LogP contribution in [0.5, 0.6) is 0 Å². The molecule has 0 saturated carbocycles. The molecule has 0 bridgehead atoms. The molecule has 0 amide bonds. The number of rotatable bonds is 0. The molecular weight excluding hydrogens is 132 g/mol. The summed E-state index contributed by atoms with van der Waals surface area (Å²) in [6.45, 7) is 4.07. The predicted octanol–water partition coefficient (Wildman–Crippen LogP) is 1.72. The molecule has 0 aromatic carbocycles. The Kier molecular flexibility index (Phi) is 1.85. The average Bonchev–Trinajstić information content (AvgIpc) is 1.77. The molecule has 2 heteroatoms. The molecule has 1 saturated heterocycles. The van der Waals surface area contributed by atoms with Crippen molar-refractivity contribution in [1.29, 1.82) is 0 Å². The van der Waals surface area contributed by atoms with Crippen LogP contribution < -0.4 is 0 Å². The van der Waals surface area contributed by atoms with E-state index in [1.54, 1.807) is 11.8 Å². The van der Waals surface area contributed by atoms with Crippen LogP contribution in [-0.2, 0) is 4.79 Å². The number of ketones is 1. The summed E-state index contributed by atoms with van der Waals surface area (Å²) in [6, 6.07) is 0. The van der Waals surface area contributed by atoms with Crippen LogP contribution in [-0.4, -0.2) is 17.3 Å². The minimum atomic E-state index is -0.0226. The van der Waals surface area contributed by atoms with Crippen molar-refractivity contribution in [2.24, 2.45) is 5.41 Å². The fourth-order valence-electron chi connectivity index (χ4n) is 0.827. The Labute approximate surface area is 60.2 Å². The highest BCUT2D eigenvalue weighted by Gasteiger charge is 2.29. The lowest BCUT2D eigenvalue weighted by Gasteiger charge is -2.26. The van der Waals surface area contributed by atoms with E-state index in [9.17, 15) is 4.79 Å². The summed E-state index contributed by atoms with van der Waals surface area (Å²) < 4.78 is 0. The van der Waals surface area contributed by atoms with Crippen molar-refractivity contribution in [1.82, 2.24) is 0 Å². The van der Waals surface area contributed by atoms with Crippen LogP contribution in [0.15, 0.2) is 0 Å². The van der Waals surface area contributed by atoms with Gasteiger partial charge in [0.15, 0.2) is 0 Å². The van der Waals surface area contributed by atoms with Crippen molar-refractivity contribution in [2.75, 3.05) is 11.5 Å². The third-order valence-electron chi connectivity index (χ3n) is 1.86. The number of carbonyl (C=O) groups is 1. The Hall–Kier alpha value is 0.0200. The number of thioether (sulfide) groups is 1. The number of Topliss-reactive ketones (excluding diaryl/α,β-unsaturated/α-hetero) is 1. The van der Waals surface area contributed by atoms with Crippen LogP contribution in [0.1, 0.15) is 20.3 Å². The molecule has 0 aromatic heterocycles. The van der Waals surface area contributed by atoms with Gasteiger partial charge in [-0.1, -0.05) is 13.8 Å². The van der Waals surface area contributed by atoms with Gasteiger partial charge in [0.2, 0.25) is 0 Å². The van der Waals surface area contributed by atoms with Crippen LogP contribution in [0.3, 0.4) is 0 Å². The lowest BCUT2D eigenvalue weighted by molar-refractivity contribution is -0.124. The Morgan fingerprint density at radius 3 is 2.56 bits per heavy atom. The summed E-state index contributed by atoms with van der Waals surface area (Å²) >= 11 is 1.76. The molecule has 1 heterocycles. The first kappa shape index (κ1) is 7.13. The van der Waals surface area contributed by atoms with Gasteiger partial charge in [-0.2, -0.15) is 11.8 Å². The van der Waals surface area contributed by atoms with E-state index in [4.69, 9.17) is 0 Å². The largest absolute Gasteiger partial charge is 0.298 e. The minimum Gasteiger partial charge on any atom is -0.298 e. The second kappa shape index (κ2) is 2.33. The van der Waals surface area contributed by atoms with Crippen LogP contribution in [0.4, 0.5) is 0 Å². The first-order chi connectivity index (χ1) is 4.13. The quantitative estimate of drug-likeness (QED) is 0.515. The molecule has 1 rings (SSSR count). The van der Waals surface area contributed by atoms with E-state index in [0.717, 1.165) is 17.9 Å². The zero-order valence-electron chi connectivity index (χ0n) is 5.94. The van der Waals surface area contributed by atoms with E-state index in [1.165, 1.54) is 0 Å². The van der Waals surface area contributed by atoms with Gasteiger partial charge in [0.05, 0.1) is 5.75 Å². The molecular formula is C7H12OS. The Bertz CT molecular complexity index is 129. The van der Waals surface area contributed by atoms with Crippen molar-refractivity contribution in [3.8, 4) is 0 Å². The van der Waals surface area contributed by atoms with Gasteiger partial charge >= 0.3 is 0 Å². The van der Waals surface area contributed by atoms with Gasteiger partial charge in [-0.3, -0.25) is 4.79 Å². The highest BCUT2D eigenvalue weighted by Crippen LogP contribution is 2.30. The molecule has 0 unspecified atom stereocenters. The summed E-state index contributed by atoms with van der Waals surface area (Å²) in [5.41, 5.74) is -0.0226. The molecule has 1 fully saturated rings. The second-order valence-electron chi connectivity index (χ2n) is 3.11. The van der Waals surface area contributed by atoms with Gasteiger partial charge < -0.3 is 0 Å². The van der Waals surface area contributed by atoms with Crippen LogP contribution in [0.25, 0.3) is 0 Å². The number of hydrogen-bond donors (Lipinski definition) is 0. The molecule has 0 spiro atoms. The fraction of sp³-hybridized carbons (Fsp3) is 0.857. The maximum absolute atomic E-state index is 11.1. The summed E-state index contributed by atoms with van der Waals surface area (Å²) in [5, 5.41) is 0. The van der Waals surface area contributed by atoms with Crippen molar-refractivity contribution in [2.45, 2.75) is 20.3 Å². The summed E-state index contributed by atoms with van der Waals surface area (Å²) in [4.78, 5) is 11.1. The zero-order valence-corrected chi connectivity index (χ0v) is 6.75. The van der Waals surface area contributed by atoms with Gasteiger partial charge in [-0.25, -0.2) is 0 Å². The van der Waals surface area contributed by atoms with Crippen LogP contribution in [0, 0.1) is 5.41 Å². The van der Waals surface area contributed by atoms with Crippen molar-refractivity contribution in [3.63, 3.8) is 0 Å². The predicted molar refractivity (Wildman–Crippen MR) is 40.7 cm³/mol. The van der Waals surface area contributed by atoms with Gasteiger partial charge in [0.25, 0.3) is 0 Å². The lowest BCUT2D eigenvalue weighted by Crippen LogP contribution is -2.30. The molecule has 1 nitrogen and oxygen atoms in total. The number of hydrogen-bond acceptors (Lipinski definition) is 2. The average molecular weight is 144 g/mol. The van der Waals surface area contributed by atoms with E-state index in [2.05, 4.69) is 0 Å². The highest BCUT2D eigenvalue weighted by atomic mass is 32.2.